The summed E-state index contributed by atoms with van der Waals surface area (Å²) in [6, 6.07) is 17.9. The van der Waals surface area contributed by atoms with E-state index in [0.717, 1.165) is 26.9 Å². The van der Waals surface area contributed by atoms with E-state index in [9.17, 15) is 10.1 Å². The van der Waals surface area contributed by atoms with E-state index in [-0.39, 0.29) is 21.5 Å². The van der Waals surface area contributed by atoms with Crippen LogP contribution in [0.25, 0.3) is 10.1 Å². The average Bonchev–Trinajstić information content (AvgIpc) is 3.14. The standard InChI is InChI=1S/C25H12BrCl3N2O3S/c26-12-3-1-2-11(6-12)20-15-5-4-14(9-18(15)34-24(31)16(20)10-30)33-25(32)23-22(29)21-17(28)7-13(27)8-19(21)35-23/h1-9,20H,31H2. The highest BCUT2D eigenvalue weighted by Gasteiger charge is 2.31. The molecular weight excluding hydrogens is 595 g/mol. The molecule has 0 radical (unpaired) electrons. The Morgan fingerprint density at radius 2 is 1.94 bits per heavy atom. The first-order valence-electron chi connectivity index (χ1n) is 10.0. The van der Waals surface area contributed by atoms with Crippen LogP contribution in [0.5, 0.6) is 11.5 Å². The Hall–Kier alpha value is -2.73. The molecular formula is C25H12BrCl3N2O3S. The molecule has 0 saturated carbocycles. The van der Waals surface area contributed by atoms with E-state index in [1.54, 1.807) is 30.3 Å². The van der Waals surface area contributed by atoms with E-state index in [4.69, 9.17) is 50.0 Å². The van der Waals surface area contributed by atoms with Gasteiger partial charge in [0.05, 0.1) is 16.0 Å². The Morgan fingerprint density at radius 1 is 1.14 bits per heavy atom. The summed E-state index contributed by atoms with van der Waals surface area (Å²) in [5, 5.41) is 11.3. The first kappa shape index (κ1) is 24.0. The number of carbonyl (C=O) groups is 1. The molecule has 2 N–H and O–H groups in total. The van der Waals surface area contributed by atoms with Crippen LogP contribution in [0.3, 0.4) is 0 Å². The first-order chi connectivity index (χ1) is 16.8. The zero-order chi connectivity index (χ0) is 24.9. The quantitative estimate of drug-likeness (QED) is 0.188. The van der Waals surface area contributed by atoms with Crippen molar-refractivity contribution in [1.82, 2.24) is 0 Å². The number of nitriles is 1. The lowest BCUT2D eigenvalue weighted by Crippen LogP contribution is -2.21. The van der Waals surface area contributed by atoms with E-state index >= 15 is 0 Å². The van der Waals surface area contributed by atoms with Crippen LogP contribution in [0.2, 0.25) is 15.1 Å². The van der Waals surface area contributed by atoms with Crippen molar-refractivity contribution in [3.63, 3.8) is 0 Å². The van der Waals surface area contributed by atoms with Crippen LogP contribution in [-0.2, 0) is 0 Å². The van der Waals surface area contributed by atoms with Crippen LogP contribution in [0.15, 0.2) is 70.5 Å². The van der Waals surface area contributed by atoms with E-state index in [1.807, 2.05) is 24.3 Å². The normalized spacial score (nSPS) is 14.9. The molecule has 0 fully saturated rings. The molecule has 1 unspecified atom stereocenters. The van der Waals surface area contributed by atoms with E-state index < -0.39 is 11.9 Å². The third-order valence-corrected chi connectivity index (χ3v) is 8.03. The maximum absolute atomic E-state index is 13.0. The lowest BCUT2D eigenvalue weighted by Gasteiger charge is -2.26. The number of esters is 1. The SMILES string of the molecule is N#CC1=C(N)Oc2cc(OC(=O)c3sc4cc(Cl)cc(Cl)c4c3Cl)ccc2C1c1cccc(Br)c1. The molecule has 1 aromatic heterocycles. The summed E-state index contributed by atoms with van der Waals surface area (Å²) in [4.78, 5) is 13.2. The number of ether oxygens (including phenoxy) is 2. The molecule has 35 heavy (non-hydrogen) atoms. The molecule has 1 aliphatic rings. The molecule has 10 heteroatoms. The van der Waals surface area contributed by atoms with Gasteiger partial charge in [-0.05, 0) is 35.9 Å². The Bertz CT molecular complexity index is 1610. The second-order valence-electron chi connectivity index (χ2n) is 7.57. The molecule has 0 saturated heterocycles. The fourth-order valence-electron chi connectivity index (χ4n) is 3.92. The Labute approximate surface area is 227 Å². The molecule has 174 valence electrons. The Balaban J connectivity index is 1.50. The zero-order valence-corrected chi connectivity index (χ0v) is 22.1. The van der Waals surface area contributed by atoms with Crippen molar-refractivity contribution in [2.45, 2.75) is 5.92 Å². The van der Waals surface area contributed by atoms with Crippen LogP contribution in [-0.4, -0.2) is 5.97 Å². The first-order valence-corrected chi connectivity index (χ1v) is 12.8. The molecule has 0 spiro atoms. The number of benzene rings is 3. The highest BCUT2D eigenvalue weighted by atomic mass is 79.9. The summed E-state index contributed by atoms with van der Waals surface area (Å²) in [6.45, 7) is 0. The van der Waals surface area contributed by atoms with Gasteiger partial charge in [-0.3, -0.25) is 0 Å². The molecule has 5 rings (SSSR count). The van der Waals surface area contributed by atoms with Crippen molar-refractivity contribution < 1.29 is 14.3 Å². The van der Waals surface area contributed by atoms with Gasteiger partial charge in [-0.15, -0.1) is 11.3 Å². The van der Waals surface area contributed by atoms with Gasteiger partial charge in [0, 0.05) is 31.2 Å². The van der Waals surface area contributed by atoms with Gasteiger partial charge in [-0.1, -0.05) is 68.9 Å². The summed E-state index contributed by atoms with van der Waals surface area (Å²) < 4.78 is 12.9. The molecule has 3 aromatic carbocycles. The molecule has 1 aliphatic heterocycles. The van der Waals surface area contributed by atoms with Gasteiger partial charge in [-0.2, -0.15) is 5.26 Å². The number of nitrogens with zero attached hydrogens (tertiary/aromatic N) is 1. The number of fused-ring (bicyclic) bond motifs is 2. The fourth-order valence-corrected chi connectivity index (χ4v) is 6.59. The third-order valence-electron chi connectivity index (χ3n) is 5.42. The monoisotopic (exact) mass is 604 g/mol. The third kappa shape index (κ3) is 4.37. The largest absolute Gasteiger partial charge is 0.440 e. The predicted molar refractivity (Wildman–Crippen MR) is 142 cm³/mol. The minimum absolute atomic E-state index is 0.00692. The summed E-state index contributed by atoms with van der Waals surface area (Å²) in [5.41, 5.74) is 7.96. The Kier molecular flexibility index (Phi) is 6.43. The minimum atomic E-state index is -0.649. The van der Waals surface area contributed by atoms with Crippen LogP contribution in [0.1, 0.15) is 26.7 Å². The number of rotatable bonds is 3. The highest BCUT2D eigenvalue weighted by molar-refractivity contribution is 9.10. The molecule has 0 bridgehead atoms. The molecule has 5 nitrogen and oxygen atoms in total. The van der Waals surface area contributed by atoms with Crippen molar-refractivity contribution in [3.05, 3.63) is 102 Å². The van der Waals surface area contributed by atoms with E-state index in [0.29, 0.717) is 31.5 Å². The summed E-state index contributed by atoms with van der Waals surface area (Å²) in [7, 11) is 0. The molecule has 0 amide bonds. The maximum Gasteiger partial charge on any atom is 0.355 e. The Morgan fingerprint density at radius 3 is 2.69 bits per heavy atom. The summed E-state index contributed by atoms with van der Waals surface area (Å²) in [5.74, 6) is -0.479. The van der Waals surface area contributed by atoms with Gasteiger partial charge in [0.25, 0.3) is 0 Å². The summed E-state index contributed by atoms with van der Waals surface area (Å²) in [6.07, 6.45) is 0. The van der Waals surface area contributed by atoms with Gasteiger partial charge in [-0.25, -0.2) is 4.79 Å². The molecule has 2 heterocycles. The topological polar surface area (TPSA) is 85.3 Å². The zero-order valence-electron chi connectivity index (χ0n) is 17.4. The van der Waals surface area contributed by atoms with Crippen LogP contribution in [0.4, 0.5) is 0 Å². The second kappa shape index (κ2) is 9.38. The smallest absolute Gasteiger partial charge is 0.355 e. The second-order valence-corrected chi connectivity index (χ2v) is 10.8. The number of hydrogen-bond acceptors (Lipinski definition) is 6. The van der Waals surface area contributed by atoms with Gasteiger partial charge in [0.2, 0.25) is 5.88 Å². The number of thiophene rings is 1. The predicted octanol–water partition coefficient (Wildman–Crippen LogP) is 8.06. The average molecular weight is 607 g/mol. The van der Waals surface area contributed by atoms with Crippen molar-refractivity contribution in [2.24, 2.45) is 5.73 Å². The van der Waals surface area contributed by atoms with Crippen molar-refractivity contribution in [2.75, 3.05) is 0 Å². The number of nitrogens with two attached hydrogens (primary N) is 1. The van der Waals surface area contributed by atoms with Crippen LogP contribution in [0, 0.1) is 11.3 Å². The van der Waals surface area contributed by atoms with Crippen molar-refractivity contribution in [3.8, 4) is 17.6 Å². The maximum atomic E-state index is 13.0. The summed E-state index contributed by atoms with van der Waals surface area (Å²) >= 11 is 23.4. The minimum Gasteiger partial charge on any atom is -0.440 e. The number of carbonyl (C=O) groups excluding carboxylic acids is 1. The van der Waals surface area contributed by atoms with Gasteiger partial charge in [0.1, 0.15) is 28.0 Å². The molecule has 4 aromatic rings. The lowest BCUT2D eigenvalue weighted by molar-refractivity contribution is 0.0740. The van der Waals surface area contributed by atoms with E-state index in [1.165, 1.54) is 0 Å². The van der Waals surface area contributed by atoms with Crippen LogP contribution < -0.4 is 15.2 Å². The van der Waals surface area contributed by atoms with Crippen molar-refractivity contribution in [1.29, 1.82) is 5.26 Å². The molecule has 1 atom stereocenters. The molecule has 0 aliphatic carbocycles. The number of halogens is 4. The highest BCUT2D eigenvalue weighted by Crippen LogP contribution is 2.45. The lowest BCUT2D eigenvalue weighted by atomic mass is 9.83. The van der Waals surface area contributed by atoms with E-state index in [2.05, 4.69) is 22.0 Å². The number of hydrogen-bond donors (Lipinski definition) is 1. The number of allylic oxidation sites excluding steroid dienone is 1. The van der Waals surface area contributed by atoms with Crippen molar-refractivity contribution >= 4 is 78.1 Å². The van der Waals surface area contributed by atoms with Gasteiger partial charge in [0.15, 0.2) is 0 Å². The van der Waals surface area contributed by atoms with Crippen LogP contribution >= 0.6 is 62.1 Å². The fraction of sp³-hybridized carbons (Fsp3) is 0.0400. The van der Waals surface area contributed by atoms with Gasteiger partial charge < -0.3 is 15.2 Å². The van der Waals surface area contributed by atoms with Gasteiger partial charge >= 0.3 is 5.97 Å².